The summed E-state index contributed by atoms with van der Waals surface area (Å²) in [4.78, 5) is 14.8. The van der Waals surface area contributed by atoms with Crippen LogP contribution in [0.15, 0.2) is 41.0 Å². The van der Waals surface area contributed by atoms with Gasteiger partial charge in [-0.05, 0) is 45.6 Å². The van der Waals surface area contributed by atoms with E-state index < -0.39 is 0 Å². The Morgan fingerprint density at radius 3 is 2.72 bits per heavy atom. The van der Waals surface area contributed by atoms with Gasteiger partial charge in [0.25, 0.3) is 5.91 Å². The number of amides is 1. The molecule has 0 spiro atoms. The Morgan fingerprint density at radius 2 is 2.11 bits per heavy atom. The number of nitrogens with one attached hydrogen (secondary N) is 2. The van der Waals surface area contributed by atoms with Gasteiger partial charge in [0.2, 0.25) is 0 Å². The third-order valence-electron chi connectivity index (χ3n) is 2.70. The van der Waals surface area contributed by atoms with E-state index in [-0.39, 0.29) is 5.91 Å². The summed E-state index contributed by atoms with van der Waals surface area (Å²) in [5.41, 5.74) is 2.56. The van der Waals surface area contributed by atoms with Crippen LogP contribution in [0.4, 0.5) is 5.69 Å². The zero-order chi connectivity index (χ0) is 13.1. The van der Waals surface area contributed by atoms with Crippen molar-refractivity contribution in [3.8, 4) is 0 Å². The number of aromatic nitrogens is 1. The van der Waals surface area contributed by atoms with Gasteiger partial charge in [0.15, 0.2) is 0 Å². The number of hydrogen-bond donors (Lipinski definition) is 2. The lowest BCUT2D eigenvalue weighted by Gasteiger charge is -2.08. The van der Waals surface area contributed by atoms with Gasteiger partial charge in [-0.15, -0.1) is 0 Å². The number of hydrogen-bond acceptors (Lipinski definition) is 1. The smallest absolute Gasteiger partial charge is 0.272 e. The highest BCUT2D eigenvalue weighted by Gasteiger charge is 2.08. The normalized spacial score (nSPS) is 10.7. The molecule has 2 N–H and O–H groups in total. The van der Waals surface area contributed by atoms with E-state index in [1.54, 1.807) is 12.3 Å². The predicted molar refractivity (Wildman–Crippen MR) is 77.0 cm³/mol. The molecule has 0 aliphatic rings. The van der Waals surface area contributed by atoms with Crippen molar-refractivity contribution in [1.82, 2.24) is 4.98 Å². The van der Waals surface area contributed by atoms with Crippen molar-refractivity contribution in [3.05, 3.63) is 52.3 Å². The van der Waals surface area contributed by atoms with E-state index in [9.17, 15) is 4.79 Å². The van der Waals surface area contributed by atoms with Gasteiger partial charge in [0.1, 0.15) is 5.69 Å². The van der Waals surface area contributed by atoms with Crippen LogP contribution >= 0.6 is 15.9 Å². The number of carbonyl (C=O) groups is 1. The lowest BCUT2D eigenvalue weighted by molar-refractivity contribution is 0.102. The minimum Gasteiger partial charge on any atom is -0.356 e. The molecule has 1 aromatic carbocycles. The molecule has 3 nitrogen and oxygen atoms in total. The minimum absolute atomic E-state index is 0.137. The number of H-pyrrole nitrogens is 1. The first-order valence-electron chi connectivity index (χ1n) is 5.81. The highest BCUT2D eigenvalue weighted by atomic mass is 79.9. The van der Waals surface area contributed by atoms with E-state index in [1.165, 1.54) is 5.56 Å². The van der Waals surface area contributed by atoms with Gasteiger partial charge >= 0.3 is 0 Å². The molecule has 0 saturated carbocycles. The van der Waals surface area contributed by atoms with Gasteiger partial charge in [0.05, 0.1) is 0 Å². The predicted octanol–water partition coefficient (Wildman–Crippen LogP) is 4.15. The Bertz CT molecular complexity index is 560. The van der Waals surface area contributed by atoms with Crippen molar-refractivity contribution in [2.75, 3.05) is 5.32 Å². The van der Waals surface area contributed by atoms with E-state index in [0.717, 1.165) is 10.2 Å². The maximum absolute atomic E-state index is 11.9. The minimum atomic E-state index is -0.137. The lowest BCUT2D eigenvalue weighted by Crippen LogP contribution is -2.12. The lowest BCUT2D eigenvalue weighted by atomic mass is 10.0. The van der Waals surface area contributed by atoms with Crippen LogP contribution in [-0.4, -0.2) is 10.9 Å². The molecule has 4 heteroatoms. The monoisotopic (exact) mass is 306 g/mol. The Labute approximate surface area is 115 Å². The number of halogens is 1. The van der Waals surface area contributed by atoms with E-state index in [4.69, 9.17) is 0 Å². The van der Waals surface area contributed by atoms with Gasteiger partial charge in [-0.1, -0.05) is 26.0 Å². The summed E-state index contributed by atoms with van der Waals surface area (Å²) < 4.78 is 0.864. The molecular weight excluding hydrogens is 292 g/mol. The van der Waals surface area contributed by atoms with Crippen LogP contribution in [0.2, 0.25) is 0 Å². The second-order valence-electron chi connectivity index (χ2n) is 4.47. The van der Waals surface area contributed by atoms with E-state index in [1.807, 2.05) is 18.2 Å². The van der Waals surface area contributed by atoms with Crippen LogP contribution in [0.3, 0.4) is 0 Å². The molecule has 0 saturated heterocycles. The van der Waals surface area contributed by atoms with E-state index in [0.29, 0.717) is 11.6 Å². The summed E-state index contributed by atoms with van der Waals surface area (Å²) >= 11 is 3.31. The topological polar surface area (TPSA) is 44.9 Å². The van der Waals surface area contributed by atoms with E-state index in [2.05, 4.69) is 46.1 Å². The van der Waals surface area contributed by atoms with Crippen LogP contribution < -0.4 is 5.32 Å². The quantitative estimate of drug-likeness (QED) is 0.879. The first-order chi connectivity index (χ1) is 8.56. The van der Waals surface area contributed by atoms with Crippen molar-refractivity contribution in [2.24, 2.45) is 0 Å². The number of carbonyl (C=O) groups excluding carboxylic acids is 1. The molecule has 18 heavy (non-hydrogen) atoms. The fourth-order valence-electron chi connectivity index (χ4n) is 1.67. The average Bonchev–Trinajstić information content (AvgIpc) is 2.76. The summed E-state index contributed by atoms with van der Waals surface area (Å²) in [7, 11) is 0. The molecule has 0 atom stereocenters. The fraction of sp³-hybridized carbons (Fsp3) is 0.214. The summed E-state index contributed by atoms with van der Waals surface area (Å²) in [6.07, 6.45) is 1.74. The molecule has 0 fully saturated rings. The maximum atomic E-state index is 11.9. The summed E-state index contributed by atoms with van der Waals surface area (Å²) in [6.45, 7) is 4.26. The summed E-state index contributed by atoms with van der Waals surface area (Å²) in [6, 6.07) is 9.66. The second-order valence-corrected chi connectivity index (χ2v) is 5.38. The molecule has 2 rings (SSSR count). The van der Waals surface area contributed by atoms with E-state index >= 15 is 0 Å². The van der Waals surface area contributed by atoms with Gasteiger partial charge < -0.3 is 10.3 Å². The molecule has 94 valence electrons. The Morgan fingerprint density at radius 1 is 1.33 bits per heavy atom. The van der Waals surface area contributed by atoms with Crippen LogP contribution in [0.5, 0.6) is 0 Å². The van der Waals surface area contributed by atoms with Crippen molar-refractivity contribution in [3.63, 3.8) is 0 Å². The van der Waals surface area contributed by atoms with Crippen LogP contribution in [-0.2, 0) is 0 Å². The zero-order valence-electron chi connectivity index (χ0n) is 10.3. The molecule has 1 heterocycles. The van der Waals surface area contributed by atoms with Crippen LogP contribution in [0.25, 0.3) is 0 Å². The molecule has 0 aliphatic heterocycles. The van der Waals surface area contributed by atoms with Crippen molar-refractivity contribution in [1.29, 1.82) is 0 Å². The van der Waals surface area contributed by atoms with Gasteiger partial charge in [0, 0.05) is 16.4 Å². The molecule has 0 unspecified atom stereocenters. The number of rotatable bonds is 3. The third kappa shape index (κ3) is 3.01. The molecule has 1 aromatic heterocycles. The molecule has 2 aromatic rings. The van der Waals surface area contributed by atoms with Crippen LogP contribution in [0, 0.1) is 0 Å². The Balaban J connectivity index is 2.14. The van der Waals surface area contributed by atoms with Crippen molar-refractivity contribution < 1.29 is 4.79 Å². The van der Waals surface area contributed by atoms with Crippen LogP contribution in [0.1, 0.15) is 35.8 Å². The van der Waals surface area contributed by atoms with Gasteiger partial charge in [-0.25, -0.2) is 0 Å². The SMILES string of the molecule is CC(C)c1cccc(NC(=O)c2cc(Br)c[nH]2)c1. The van der Waals surface area contributed by atoms with Crippen molar-refractivity contribution in [2.45, 2.75) is 19.8 Å². The van der Waals surface area contributed by atoms with Gasteiger partial charge in [-0.3, -0.25) is 4.79 Å². The standard InChI is InChI=1S/C14H15BrN2O/c1-9(2)10-4-3-5-12(6-10)17-14(18)13-7-11(15)8-16-13/h3-9,16H,1-2H3,(H,17,18). The number of anilines is 1. The zero-order valence-corrected chi connectivity index (χ0v) is 11.9. The maximum Gasteiger partial charge on any atom is 0.272 e. The first-order valence-corrected chi connectivity index (χ1v) is 6.61. The molecule has 0 aliphatic carbocycles. The molecular formula is C14H15BrN2O. The summed E-state index contributed by atoms with van der Waals surface area (Å²) in [5, 5.41) is 2.88. The average molecular weight is 307 g/mol. The summed E-state index contributed by atoms with van der Waals surface area (Å²) in [5.74, 6) is 0.308. The molecule has 0 radical (unpaired) electrons. The second kappa shape index (κ2) is 5.40. The number of benzene rings is 1. The largest absolute Gasteiger partial charge is 0.356 e. The van der Waals surface area contributed by atoms with Crippen molar-refractivity contribution >= 4 is 27.5 Å². The number of aromatic amines is 1. The molecule has 1 amide bonds. The highest BCUT2D eigenvalue weighted by molar-refractivity contribution is 9.10. The first kappa shape index (κ1) is 12.9. The Hall–Kier alpha value is -1.55. The molecule has 0 bridgehead atoms. The fourth-order valence-corrected chi connectivity index (χ4v) is 2.02. The highest BCUT2D eigenvalue weighted by Crippen LogP contribution is 2.19. The third-order valence-corrected chi connectivity index (χ3v) is 3.16. The van der Waals surface area contributed by atoms with Gasteiger partial charge in [-0.2, -0.15) is 0 Å². The Kier molecular flexibility index (Phi) is 3.87.